The van der Waals surface area contributed by atoms with Crippen LogP contribution >= 0.6 is 0 Å². The largest absolute Gasteiger partial charge is 0.506 e. The molecule has 0 saturated heterocycles. The molecule has 0 aliphatic carbocycles. The number of anilines is 10. The molecule has 0 saturated carbocycles. The van der Waals surface area contributed by atoms with Crippen molar-refractivity contribution in [2.75, 3.05) is 72.5 Å². The molecule has 0 aliphatic rings. The van der Waals surface area contributed by atoms with Gasteiger partial charge < -0.3 is 61.1 Å². The lowest BCUT2D eigenvalue weighted by Gasteiger charge is -2.13. The minimum atomic E-state index is -0.725. The van der Waals surface area contributed by atoms with Gasteiger partial charge in [-0.05, 0) is 91.0 Å². The average Bonchev–Trinajstić information content (AvgIpc) is 3.30. The first-order valence-corrected chi connectivity index (χ1v) is 19.1. The van der Waals surface area contributed by atoms with Crippen LogP contribution in [0.1, 0.15) is 0 Å². The molecule has 4 aromatic carbocycles. The molecule has 0 radical (unpaired) electrons. The molecule has 18 nitrogen and oxygen atoms in total. The zero-order valence-corrected chi connectivity index (χ0v) is 34.5. The van der Waals surface area contributed by atoms with Gasteiger partial charge in [-0.25, -0.2) is 18.7 Å². The van der Waals surface area contributed by atoms with Gasteiger partial charge in [-0.3, -0.25) is 9.59 Å². The Balaban J connectivity index is 0.000000241. The highest BCUT2D eigenvalue weighted by atomic mass is 19.1. The maximum absolute atomic E-state index is 14.3. The number of ether oxygens (including phenoxy) is 4. The van der Waals surface area contributed by atoms with Crippen LogP contribution in [0.25, 0.3) is 0 Å². The molecule has 8 N–H and O–H groups in total. The van der Waals surface area contributed by atoms with Gasteiger partial charge in [-0.1, -0.05) is 19.2 Å². The van der Waals surface area contributed by atoms with E-state index in [0.717, 1.165) is 24.5 Å². The van der Waals surface area contributed by atoms with E-state index in [4.69, 9.17) is 18.9 Å². The fourth-order valence-electron chi connectivity index (χ4n) is 5.13. The highest BCUT2D eigenvalue weighted by molar-refractivity contribution is 6.01. The molecule has 0 bridgehead atoms. The number of aromatic hydroxyl groups is 2. The minimum absolute atomic E-state index is 0.0892. The van der Waals surface area contributed by atoms with E-state index in [9.17, 15) is 28.6 Å². The fraction of sp³-hybridized carbons (Fsp3) is 0.136. The molecule has 2 heterocycles. The van der Waals surface area contributed by atoms with Gasteiger partial charge >= 0.3 is 0 Å². The molecule has 0 spiro atoms. The van der Waals surface area contributed by atoms with Crippen molar-refractivity contribution in [2.24, 2.45) is 0 Å². The monoisotopic (exact) mass is 878 g/mol. The number of para-hydroxylation sites is 1. The Morgan fingerprint density at radius 3 is 1.58 bits per heavy atom. The Morgan fingerprint density at radius 2 is 1.08 bits per heavy atom. The van der Waals surface area contributed by atoms with E-state index >= 15 is 0 Å². The highest BCUT2D eigenvalue weighted by Gasteiger charge is 2.14. The summed E-state index contributed by atoms with van der Waals surface area (Å²) in [5.74, 6) is -1.41. The van der Waals surface area contributed by atoms with E-state index in [1.54, 1.807) is 68.8 Å². The van der Waals surface area contributed by atoms with E-state index in [-0.39, 0.29) is 52.1 Å². The number of carbonyl (C=O) groups is 2. The number of nitrogens with one attached hydrogen (secondary N) is 6. The first-order chi connectivity index (χ1) is 31.0. The lowest BCUT2D eigenvalue weighted by atomic mass is 10.2. The number of benzene rings is 4. The number of hydrogen-bond acceptors (Lipinski definition) is 16. The molecule has 6 rings (SSSR count). The van der Waals surface area contributed by atoms with Gasteiger partial charge in [0, 0.05) is 31.3 Å². The minimum Gasteiger partial charge on any atom is -0.506 e. The summed E-state index contributed by atoms with van der Waals surface area (Å²) >= 11 is 0. The number of rotatable bonds is 20. The number of amides is 2. The number of aromatic nitrogens is 4. The SMILES string of the molecule is C=CC(=O)Nc1cc(Nc2nc(Nc3ccc(OCCOC)cc3)ncc2F)ccc1O.C=CC(=O)Nc1cccc(Nc2nc(Nc3ccc(OCCOC)cc3)ncc2F)c1O. The number of methoxy groups -OCH3 is 2. The second kappa shape index (κ2) is 23.6. The fourth-order valence-corrected chi connectivity index (χ4v) is 5.13. The Kier molecular flexibility index (Phi) is 17.2. The van der Waals surface area contributed by atoms with Crippen LogP contribution < -0.4 is 41.4 Å². The Hall–Kier alpha value is -8.36. The Morgan fingerprint density at radius 1 is 0.609 bits per heavy atom. The predicted octanol–water partition coefficient (Wildman–Crippen LogP) is 7.92. The van der Waals surface area contributed by atoms with Gasteiger partial charge in [0.2, 0.25) is 23.7 Å². The Bertz CT molecular complexity index is 2510. The van der Waals surface area contributed by atoms with E-state index < -0.39 is 23.4 Å². The van der Waals surface area contributed by atoms with Gasteiger partial charge in [0.1, 0.15) is 30.5 Å². The van der Waals surface area contributed by atoms with E-state index in [1.165, 1.54) is 30.3 Å². The van der Waals surface area contributed by atoms with Gasteiger partial charge in [-0.15, -0.1) is 0 Å². The molecule has 332 valence electrons. The van der Waals surface area contributed by atoms with Crippen molar-refractivity contribution in [2.45, 2.75) is 0 Å². The van der Waals surface area contributed by atoms with Crippen molar-refractivity contribution in [1.29, 1.82) is 0 Å². The number of phenols is 2. The zero-order chi connectivity index (χ0) is 45.8. The highest BCUT2D eigenvalue weighted by Crippen LogP contribution is 2.34. The maximum atomic E-state index is 14.3. The van der Waals surface area contributed by atoms with E-state index in [2.05, 4.69) is 65.0 Å². The summed E-state index contributed by atoms with van der Waals surface area (Å²) in [6, 6.07) is 23.0. The van der Waals surface area contributed by atoms with Crippen molar-refractivity contribution in [3.8, 4) is 23.0 Å². The van der Waals surface area contributed by atoms with Crippen LogP contribution in [0.4, 0.5) is 66.4 Å². The third-order valence-corrected chi connectivity index (χ3v) is 8.26. The second-order valence-electron chi connectivity index (χ2n) is 12.8. The van der Waals surface area contributed by atoms with Crippen LogP contribution in [-0.2, 0) is 19.1 Å². The topological polar surface area (TPSA) is 235 Å². The number of halogens is 2. The first kappa shape index (κ1) is 46.7. The van der Waals surface area contributed by atoms with Crippen molar-refractivity contribution < 1.29 is 47.5 Å². The molecule has 6 aromatic rings. The summed E-state index contributed by atoms with van der Waals surface area (Å²) in [4.78, 5) is 39.2. The van der Waals surface area contributed by atoms with Crippen LogP contribution in [0.3, 0.4) is 0 Å². The molecular formula is C44H44F2N10O8. The van der Waals surface area contributed by atoms with Crippen LogP contribution in [0, 0.1) is 11.6 Å². The summed E-state index contributed by atoms with van der Waals surface area (Å²) in [5.41, 5.74) is 2.16. The zero-order valence-electron chi connectivity index (χ0n) is 34.5. The molecule has 0 aliphatic heterocycles. The van der Waals surface area contributed by atoms with Crippen molar-refractivity contribution in [3.05, 3.63) is 134 Å². The first-order valence-electron chi connectivity index (χ1n) is 19.1. The molecule has 20 heteroatoms. The maximum Gasteiger partial charge on any atom is 0.247 e. The molecule has 64 heavy (non-hydrogen) atoms. The number of hydrogen-bond donors (Lipinski definition) is 8. The molecular weight excluding hydrogens is 835 g/mol. The Labute approximate surface area is 366 Å². The standard InChI is InChI=1S/2C22H22FN5O4/c1-3-20(30)27-18-12-15(6-9-19(18)29)25-21-17(23)13-24-22(28-21)26-14-4-7-16(8-5-14)32-11-10-31-2;1-3-19(29)26-17-5-4-6-18(20(17)30)27-21-16(23)13-24-22(28-21)25-14-7-9-15(10-8-14)32-12-11-31-2/h3-9,12-13,29H,1,10-11H2,2H3,(H,27,30)(H2,24,25,26,28);3-10,13,30H,1,11-12H2,2H3,(H,26,29)(H2,24,25,27,28). The van der Waals surface area contributed by atoms with Gasteiger partial charge in [0.15, 0.2) is 29.0 Å². The summed E-state index contributed by atoms with van der Waals surface area (Å²) < 4.78 is 49.4. The van der Waals surface area contributed by atoms with Gasteiger partial charge in [0.05, 0.1) is 42.7 Å². The summed E-state index contributed by atoms with van der Waals surface area (Å²) in [6.07, 6.45) is 4.17. The van der Waals surface area contributed by atoms with Crippen molar-refractivity contribution in [1.82, 2.24) is 19.9 Å². The van der Waals surface area contributed by atoms with Crippen LogP contribution in [0.2, 0.25) is 0 Å². The molecule has 2 aromatic heterocycles. The van der Waals surface area contributed by atoms with Crippen LogP contribution in [0.5, 0.6) is 23.0 Å². The van der Waals surface area contributed by atoms with Crippen LogP contribution in [0.15, 0.2) is 123 Å². The predicted molar refractivity (Wildman–Crippen MR) is 239 cm³/mol. The summed E-state index contributed by atoms with van der Waals surface area (Å²) in [5, 5.41) is 36.7. The van der Waals surface area contributed by atoms with Crippen molar-refractivity contribution in [3.63, 3.8) is 0 Å². The number of phenolic OH excluding ortho intramolecular Hbond substituents is 2. The van der Waals surface area contributed by atoms with Gasteiger partial charge in [-0.2, -0.15) is 9.97 Å². The summed E-state index contributed by atoms with van der Waals surface area (Å²) in [7, 11) is 3.20. The lowest BCUT2D eigenvalue weighted by molar-refractivity contribution is -0.112. The molecule has 2 amide bonds. The number of nitrogens with zero attached hydrogens (tertiary/aromatic N) is 4. The molecule has 0 atom stereocenters. The van der Waals surface area contributed by atoms with E-state index in [0.29, 0.717) is 55.0 Å². The van der Waals surface area contributed by atoms with Crippen LogP contribution in [-0.4, -0.2) is 82.6 Å². The molecule has 0 fully saturated rings. The quantitative estimate of drug-likeness (QED) is 0.0157. The third kappa shape index (κ3) is 14.1. The third-order valence-electron chi connectivity index (χ3n) is 8.26. The number of carbonyl (C=O) groups excluding carboxylic acids is 2. The van der Waals surface area contributed by atoms with E-state index in [1.807, 2.05) is 0 Å². The normalized spacial score (nSPS) is 10.3. The summed E-state index contributed by atoms with van der Waals surface area (Å²) in [6.45, 7) is 8.57. The smallest absolute Gasteiger partial charge is 0.247 e. The average molecular weight is 879 g/mol. The molecule has 0 unspecified atom stereocenters. The van der Waals surface area contributed by atoms with Gasteiger partial charge in [0.25, 0.3) is 0 Å². The lowest BCUT2D eigenvalue weighted by Crippen LogP contribution is -2.08. The van der Waals surface area contributed by atoms with Crippen molar-refractivity contribution >= 4 is 69.5 Å². The second-order valence-corrected chi connectivity index (χ2v) is 12.8.